The van der Waals surface area contributed by atoms with Gasteiger partial charge in [-0.3, -0.25) is 14.8 Å². The Balaban J connectivity index is 1.34. The number of piperidine rings is 1. The maximum atomic E-state index is 14.0. The SMILES string of the molecule is CCN1C(=O)N2Cc3cc(OC)cc(OC)c3C(C)(C)C=C2C12CCN(Cc1ccnc3ccccc13)CC2. The number of hydrogen-bond acceptors (Lipinski definition) is 5. The second kappa shape index (κ2) is 9.56. The lowest BCUT2D eigenvalue weighted by Crippen LogP contribution is -2.53. The highest BCUT2D eigenvalue weighted by Crippen LogP contribution is 2.50. The number of benzene rings is 2. The summed E-state index contributed by atoms with van der Waals surface area (Å²) >= 11 is 0. The van der Waals surface area contributed by atoms with Crippen LogP contribution in [0.4, 0.5) is 4.79 Å². The molecular formula is C32H38N4O3. The van der Waals surface area contributed by atoms with Crippen molar-refractivity contribution < 1.29 is 14.3 Å². The normalized spacial score (nSPS) is 20.0. The van der Waals surface area contributed by atoms with Gasteiger partial charge in [-0.15, -0.1) is 0 Å². The molecular weight excluding hydrogens is 488 g/mol. The van der Waals surface area contributed by atoms with Crippen LogP contribution in [0.25, 0.3) is 10.9 Å². The van der Waals surface area contributed by atoms with Crippen LogP contribution in [0, 0.1) is 0 Å². The second-order valence-corrected chi connectivity index (χ2v) is 11.5. The summed E-state index contributed by atoms with van der Waals surface area (Å²) in [5, 5.41) is 1.22. The maximum absolute atomic E-state index is 14.0. The third kappa shape index (κ3) is 4.06. The lowest BCUT2D eigenvalue weighted by molar-refractivity contribution is 0.0888. The maximum Gasteiger partial charge on any atom is 0.325 e. The van der Waals surface area contributed by atoms with Crippen LogP contribution >= 0.6 is 0 Å². The Morgan fingerprint density at radius 1 is 1.03 bits per heavy atom. The molecule has 6 rings (SSSR count). The van der Waals surface area contributed by atoms with Crippen LogP contribution in [0.1, 0.15) is 50.3 Å². The Hall–Kier alpha value is -3.58. The van der Waals surface area contributed by atoms with Gasteiger partial charge in [-0.2, -0.15) is 0 Å². The number of fused-ring (bicyclic) bond motifs is 4. The van der Waals surface area contributed by atoms with Crippen LogP contribution in [0.2, 0.25) is 0 Å². The van der Waals surface area contributed by atoms with Gasteiger partial charge in [0.05, 0.1) is 31.8 Å². The number of urea groups is 1. The largest absolute Gasteiger partial charge is 0.497 e. The number of ether oxygens (including phenoxy) is 2. The molecule has 204 valence electrons. The molecule has 0 radical (unpaired) electrons. The zero-order chi connectivity index (χ0) is 27.4. The molecule has 3 aliphatic rings. The Kier molecular flexibility index (Phi) is 6.29. The fourth-order valence-electron chi connectivity index (χ4n) is 7.13. The number of para-hydroxylation sites is 1. The van der Waals surface area contributed by atoms with E-state index in [1.165, 1.54) is 10.9 Å². The van der Waals surface area contributed by atoms with Gasteiger partial charge < -0.3 is 14.4 Å². The average Bonchev–Trinajstić information content (AvgIpc) is 3.05. The van der Waals surface area contributed by atoms with E-state index in [0.717, 1.165) is 66.3 Å². The van der Waals surface area contributed by atoms with Gasteiger partial charge in [0.1, 0.15) is 11.5 Å². The average molecular weight is 527 g/mol. The highest BCUT2D eigenvalue weighted by molar-refractivity contribution is 5.83. The standard InChI is InChI=1S/C32H38N4O3/c1-6-36-30(37)35-21-23-17-24(38-4)18-27(39-5)29(23)31(2,3)19-28(35)32(36)12-15-34(16-13-32)20-22-11-14-33-26-10-8-7-9-25(22)26/h7-11,14,17-19H,6,12-13,15-16,20-21H2,1-5H3. The predicted molar refractivity (Wildman–Crippen MR) is 153 cm³/mol. The molecule has 0 saturated carbocycles. The van der Waals surface area contributed by atoms with Crippen LogP contribution in [-0.4, -0.2) is 65.1 Å². The number of nitrogens with zero attached hydrogens (tertiary/aromatic N) is 4. The van der Waals surface area contributed by atoms with Crippen molar-refractivity contribution in [1.82, 2.24) is 19.7 Å². The number of methoxy groups -OCH3 is 2. The van der Waals surface area contributed by atoms with E-state index in [4.69, 9.17) is 9.47 Å². The van der Waals surface area contributed by atoms with Gasteiger partial charge in [-0.05, 0) is 49.1 Å². The summed E-state index contributed by atoms with van der Waals surface area (Å²) in [6, 6.07) is 14.6. The molecule has 0 N–H and O–H groups in total. The Labute approximate surface area is 231 Å². The van der Waals surface area contributed by atoms with Crippen LogP contribution in [-0.2, 0) is 18.5 Å². The number of likely N-dealkylation sites (N-methyl/N-ethyl adjacent to an activating group) is 1. The minimum atomic E-state index is -0.318. The number of carbonyl (C=O) groups is 1. The topological polar surface area (TPSA) is 58.1 Å². The lowest BCUT2D eigenvalue weighted by atomic mass is 9.77. The van der Waals surface area contributed by atoms with E-state index in [1.54, 1.807) is 14.2 Å². The van der Waals surface area contributed by atoms with E-state index in [1.807, 2.05) is 23.2 Å². The van der Waals surface area contributed by atoms with Crippen LogP contribution < -0.4 is 9.47 Å². The fourth-order valence-corrected chi connectivity index (χ4v) is 7.13. The molecule has 0 atom stereocenters. The van der Waals surface area contributed by atoms with E-state index in [-0.39, 0.29) is 17.0 Å². The van der Waals surface area contributed by atoms with E-state index < -0.39 is 0 Å². The molecule has 39 heavy (non-hydrogen) atoms. The van der Waals surface area contributed by atoms with Gasteiger partial charge in [0.25, 0.3) is 0 Å². The van der Waals surface area contributed by atoms with Gasteiger partial charge in [0.15, 0.2) is 0 Å². The van der Waals surface area contributed by atoms with E-state index in [2.05, 4.69) is 72.0 Å². The predicted octanol–water partition coefficient (Wildman–Crippen LogP) is 5.72. The molecule has 0 aliphatic carbocycles. The summed E-state index contributed by atoms with van der Waals surface area (Å²) in [5.74, 6) is 1.55. The molecule has 2 amide bonds. The first-order valence-electron chi connectivity index (χ1n) is 13.9. The number of likely N-dealkylation sites (tertiary alicyclic amines) is 1. The van der Waals surface area contributed by atoms with Crippen molar-refractivity contribution in [2.75, 3.05) is 33.9 Å². The summed E-state index contributed by atoms with van der Waals surface area (Å²) in [5.41, 5.74) is 5.06. The highest BCUT2D eigenvalue weighted by Gasteiger charge is 2.55. The molecule has 1 spiro atoms. The van der Waals surface area contributed by atoms with Crippen LogP contribution in [0.3, 0.4) is 0 Å². The number of carbonyl (C=O) groups excluding carboxylic acids is 1. The van der Waals surface area contributed by atoms with Gasteiger partial charge in [0.2, 0.25) is 0 Å². The van der Waals surface area contributed by atoms with Crippen molar-refractivity contribution in [2.45, 2.75) is 57.7 Å². The molecule has 2 aromatic carbocycles. The molecule has 7 heteroatoms. The second-order valence-electron chi connectivity index (χ2n) is 11.5. The summed E-state index contributed by atoms with van der Waals surface area (Å²) in [4.78, 5) is 25.2. The van der Waals surface area contributed by atoms with E-state index in [9.17, 15) is 4.79 Å². The van der Waals surface area contributed by atoms with Gasteiger partial charge in [-0.25, -0.2) is 4.79 Å². The van der Waals surface area contributed by atoms with E-state index >= 15 is 0 Å². The van der Waals surface area contributed by atoms with Crippen molar-refractivity contribution in [3.63, 3.8) is 0 Å². The summed E-state index contributed by atoms with van der Waals surface area (Å²) < 4.78 is 11.4. The number of amides is 2. The number of aromatic nitrogens is 1. The quantitative estimate of drug-likeness (QED) is 0.426. The lowest BCUT2D eigenvalue weighted by Gasteiger charge is -2.44. The molecule has 3 aliphatic heterocycles. The highest BCUT2D eigenvalue weighted by atomic mass is 16.5. The smallest absolute Gasteiger partial charge is 0.325 e. The van der Waals surface area contributed by atoms with Crippen LogP contribution in [0.15, 0.2) is 60.4 Å². The molecule has 0 bridgehead atoms. The zero-order valence-corrected chi connectivity index (χ0v) is 23.7. The number of allylic oxidation sites excluding steroid dienone is 1. The minimum Gasteiger partial charge on any atom is -0.497 e. The van der Waals surface area contributed by atoms with Gasteiger partial charge in [-0.1, -0.05) is 38.1 Å². The third-order valence-corrected chi connectivity index (χ3v) is 8.96. The van der Waals surface area contributed by atoms with Crippen molar-refractivity contribution in [1.29, 1.82) is 0 Å². The Morgan fingerprint density at radius 3 is 2.51 bits per heavy atom. The number of rotatable bonds is 5. The van der Waals surface area contributed by atoms with Crippen molar-refractivity contribution in [3.05, 3.63) is 77.1 Å². The summed E-state index contributed by atoms with van der Waals surface area (Å²) in [6.45, 7) is 10.5. The molecule has 1 aromatic heterocycles. The van der Waals surface area contributed by atoms with Crippen LogP contribution in [0.5, 0.6) is 11.5 Å². The van der Waals surface area contributed by atoms with E-state index in [0.29, 0.717) is 13.1 Å². The summed E-state index contributed by atoms with van der Waals surface area (Å²) in [7, 11) is 3.38. The Bertz CT molecular complexity index is 1450. The van der Waals surface area contributed by atoms with Crippen molar-refractivity contribution in [2.24, 2.45) is 0 Å². The molecule has 2 fully saturated rings. The van der Waals surface area contributed by atoms with Gasteiger partial charge in [0, 0.05) is 60.5 Å². The Morgan fingerprint density at radius 2 is 1.79 bits per heavy atom. The molecule has 4 heterocycles. The number of pyridine rings is 1. The molecule has 0 unspecified atom stereocenters. The zero-order valence-electron chi connectivity index (χ0n) is 23.7. The summed E-state index contributed by atoms with van der Waals surface area (Å²) in [6.07, 6.45) is 6.07. The monoisotopic (exact) mass is 526 g/mol. The first-order chi connectivity index (χ1) is 18.8. The first kappa shape index (κ1) is 25.7. The first-order valence-corrected chi connectivity index (χ1v) is 13.9. The molecule has 3 aromatic rings. The molecule has 2 saturated heterocycles. The number of hydrogen-bond donors (Lipinski definition) is 0. The van der Waals surface area contributed by atoms with Crippen molar-refractivity contribution in [3.8, 4) is 11.5 Å². The minimum absolute atomic E-state index is 0.0998. The fraction of sp³-hybridized carbons (Fsp3) is 0.438. The third-order valence-electron chi connectivity index (χ3n) is 8.96. The van der Waals surface area contributed by atoms with Crippen molar-refractivity contribution >= 4 is 16.9 Å². The van der Waals surface area contributed by atoms with Gasteiger partial charge >= 0.3 is 6.03 Å². The molecule has 7 nitrogen and oxygen atoms in total.